The Kier molecular flexibility index (Phi) is 5.56. The Morgan fingerprint density at radius 3 is 2.58 bits per heavy atom. The number of nitrogens with one attached hydrogen (secondary N) is 1. The summed E-state index contributed by atoms with van der Waals surface area (Å²) in [5, 5.41) is 2.96. The van der Waals surface area contributed by atoms with Gasteiger partial charge in [0.05, 0.1) is 0 Å². The molecule has 0 saturated carbocycles. The van der Waals surface area contributed by atoms with Gasteiger partial charge in [0.1, 0.15) is 0 Å². The van der Waals surface area contributed by atoms with E-state index >= 15 is 0 Å². The Balaban J connectivity index is 1.56. The SMILES string of the molecule is CN(C)c1ccc(CCNC(=O)c2cccc(N3CCCC3=O)c2)cc1. The number of hydrogen-bond donors (Lipinski definition) is 1. The molecule has 1 fully saturated rings. The summed E-state index contributed by atoms with van der Waals surface area (Å²) in [5.74, 6) is 0.0205. The van der Waals surface area contributed by atoms with Crippen LogP contribution in [0.2, 0.25) is 0 Å². The van der Waals surface area contributed by atoms with Gasteiger partial charge in [0.15, 0.2) is 0 Å². The van der Waals surface area contributed by atoms with Gasteiger partial charge in [-0.05, 0) is 48.7 Å². The summed E-state index contributed by atoms with van der Waals surface area (Å²) in [6, 6.07) is 15.6. The highest BCUT2D eigenvalue weighted by molar-refractivity contribution is 5.99. The van der Waals surface area contributed by atoms with Crippen LogP contribution in [0.3, 0.4) is 0 Å². The highest BCUT2D eigenvalue weighted by Gasteiger charge is 2.22. The quantitative estimate of drug-likeness (QED) is 0.871. The minimum Gasteiger partial charge on any atom is -0.378 e. The molecule has 0 bridgehead atoms. The minimum atomic E-state index is -0.108. The third-order valence-electron chi connectivity index (χ3n) is 4.65. The molecule has 2 aromatic rings. The molecule has 26 heavy (non-hydrogen) atoms. The molecule has 5 nitrogen and oxygen atoms in total. The van der Waals surface area contributed by atoms with Crippen LogP contribution in [0.4, 0.5) is 11.4 Å². The standard InChI is InChI=1S/C21H25N3O2/c1-23(2)18-10-8-16(9-11-18)12-13-22-21(26)17-5-3-6-19(15-17)24-14-4-7-20(24)25/h3,5-6,8-11,15H,4,7,12-14H2,1-2H3,(H,22,26). The molecule has 5 heteroatoms. The zero-order chi connectivity index (χ0) is 18.5. The van der Waals surface area contributed by atoms with Crippen molar-refractivity contribution in [3.63, 3.8) is 0 Å². The van der Waals surface area contributed by atoms with E-state index in [9.17, 15) is 9.59 Å². The molecule has 3 rings (SSSR count). The monoisotopic (exact) mass is 351 g/mol. The van der Waals surface area contributed by atoms with E-state index in [0.717, 1.165) is 30.8 Å². The number of amides is 2. The largest absolute Gasteiger partial charge is 0.378 e. The smallest absolute Gasteiger partial charge is 0.251 e. The van der Waals surface area contributed by atoms with E-state index in [1.807, 2.05) is 26.2 Å². The Morgan fingerprint density at radius 2 is 1.92 bits per heavy atom. The van der Waals surface area contributed by atoms with Crippen molar-refractivity contribution in [1.29, 1.82) is 0 Å². The Bertz CT molecular complexity index is 784. The molecule has 0 radical (unpaired) electrons. The predicted octanol–water partition coefficient (Wildman–Crippen LogP) is 2.85. The first kappa shape index (κ1) is 18.0. The molecule has 2 amide bonds. The van der Waals surface area contributed by atoms with Crippen LogP contribution in [0.25, 0.3) is 0 Å². The summed E-state index contributed by atoms with van der Waals surface area (Å²) in [4.78, 5) is 28.1. The van der Waals surface area contributed by atoms with Crippen LogP contribution >= 0.6 is 0 Å². The lowest BCUT2D eigenvalue weighted by Crippen LogP contribution is -2.27. The van der Waals surface area contributed by atoms with Crippen molar-refractivity contribution >= 4 is 23.2 Å². The van der Waals surface area contributed by atoms with E-state index in [2.05, 4.69) is 34.5 Å². The van der Waals surface area contributed by atoms with E-state index in [0.29, 0.717) is 18.5 Å². The Hall–Kier alpha value is -2.82. The molecular formula is C21H25N3O2. The second-order valence-electron chi connectivity index (χ2n) is 6.77. The van der Waals surface area contributed by atoms with Gasteiger partial charge in [-0.3, -0.25) is 9.59 Å². The highest BCUT2D eigenvalue weighted by atomic mass is 16.2. The summed E-state index contributed by atoms with van der Waals surface area (Å²) in [7, 11) is 4.03. The van der Waals surface area contributed by atoms with Gasteiger partial charge in [-0.15, -0.1) is 0 Å². The van der Waals surface area contributed by atoms with Crippen molar-refractivity contribution in [2.24, 2.45) is 0 Å². The van der Waals surface area contributed by atoms with Gasteiger partial charge in [0.2, 0.25) is 5.91 Å². The van der Waals surface area contributed by atoms with Crippen molar-refractivity contribution in [3.8, 4) is 0 Å². The van der Waals surface area contributed by atoms with Crippen molar-refractivity contribution in [3.05, 3.63) is 59.7 Å². The normalized spacial score (nSPS) is 13.8. The summed E-state index contributed by atoms with van der Waals surface area (Å²) in [6.07, 6.45) is 2.24. The van der Waals surface area contributed by atoms with E-state index in [4.69, 9.17) is 0 Å². The molecule has 0 atom stereocenters. The van der Waals surface area contributed by atoms with E-state index in [-0.39, 0.29) is 11.8 Å². The van der Waals surface area contributed by atoms with Crippen LogP contribution in [0, 0.1) is 0 Å². The Morgan fingerprint density at radius 1 is 1.15 bits per heavy atom. The number of rotatable bonds is 6. The van der Waals surface area contributed by atoms with Crippen molar-refractivity contribution in [1.82, 2.24) is 5.32 Å². The minimum absolute atomic E-state index is 0.108. The first-order valence-electron chi connectivity index (χ1n) is 8.99. The maximum Gasteiger partial charge on any atom is 0.251 e. The van der Waals surface area contributed by atoms with Crippen LogP contribution in [-0.4, -0.2) is 39.0 Å². The molecule has 0 aliphatic carbocycles. The van der Waals surface area contributed by atoms with Crippen molar-refractivity contribution in [2.45, 2.75) is 19.3 Å². The molecule has 1 aliphatic heterocycles. The molecule has 1 saturated heterocycles. The van der Waals surface area contributed by atoms with Crippen LogP contribution in [0.1, 0.15) is 28.8 Å². The molecular weight excluding hydrogens is 326 g/mol. The van der Waals surface area contributed by atoms with Gasteiger partial charge in [-0.2, -0.15) is 0 Å². The van der Waals surface area contributed by atoms with Crippen LogP contribution in [0.15, 0.2) is 48.5 Å². The highest BCUT2D eigenvalue weighted by Crippen LogP contribution is 2.22. The van der Waals surface area contributed by atoms with Crippen LogP contribution < -0.4 is 15.1 Å². The lowest BCUT2D eigenvalue weighted by molar-refractivity contribution is -0.117. The number of carbonyl (C=O) groups is 2. The topological polar surface area (TPSA) is 52.7 Å². The fourth-order valence-corrected chi connectivity index (χ4v) is 3.12. The number of hydrogen-bond acceptors (Lipinski definition) is 3. The summed E-state index contributed by atoms with van der Waals surface area (Å²) >= 11 is 0. The molecule has 1 heterocycles. The lowest BCUT2D eigenvalue weighted by atomic mass is 10.1. The summed E-state index contributed by atoms with van der Waals surface area (Å²) in [6.45, 7) is 1.31. The third kappa shape index (κ3) is 4.23. The Labute approximate surface area is 154 Å². The lowest BCUT2D eigenvalue weighted by Gasteiger charge is -2.16. The van der Waals surface area contributed by atoms with Gasteiger partial charge < -0.3 is 15.1 Å². The molecule has 0 spiro atoms. The number of carbonyl (C=O) groups excluding carboxylic acids is 2. The fraction of sp³-hybridized carbons (Fsp3) is 0.333. The second kappa shape index (κ2) is 8.04. The zero-order valence-electron chi connectivity index (χ0n) is 15.4. The van der Waals surface area contributed by atoms with E-state index < -0.39 is 0 Å². The molecule has 0 aromatic heterocycles. The molecule has 2 aromatic carbocycles. The maximum absolute atomic E-state index is 12.4. The van der Waals surface area contributed by atoms with E-state index in [1.165, 1.54) is 5.56 Å². The molecule has 0 unspecified atom stereocenters. The van der Waals surface area contributed by atoms with Gasteiger partial charge in [0.25, 0.3) is 5.91 Å². The average molecular weight is 351 g/mol. The first-order valence-corrected chi connectivity index (χ1v) is 8.99. The van der Waals surface area contributed by atoms with E-state index in [1.54, 1.807) is 17.0 Å². The molecule has 1 aliphatic rings. The number of benzene rings is 2. The third-order valence-corrected chi connectivity index (χ3v) is 4.65. The van der Waals surface area contributed by atoms with Crippen LogP contribution in [0.5, 0.6) is 0 Å². The van der Waals surface area contributed by atoms with Crippen molar-refractivity contribution in [2.75, 3.05) is 37.0 Å². The molecule has 1 N–H and O–H groups in total. The maximum atomic E-state index is 12.4. The second-order valence-corrected chi connectivity index (χ2v) is 6.77. The zero-order valence-corrected chi connectivity index (χ0v) is 15.4. The van der Waals surface area contributed by atoms with Crippen molar-refractivity contribution < 1.29 is 9.59 Å². The van der Waals surface area contributed by atoms with Crippen LogP contribution in [-0.2, 0) is 11.2 Å². The van der Waals surface area contributed by atoms with Gasteiger partial charge in [0, 0.05) is 50.5 Å². The fourth-order valence-electron chi connectivity index (χ4n) is 3.12. The predicted molar refractivity (Wildman–Crippen MR) is 105 cm³/mol. The number of anilines is 2. The first-order chi connectivity index (χ1) is 12.5. The average Bonchev–Trinajstić information content (AvgIpc) is 3.08. The van der Waals surface area contributed by atoms with Gasteiger partial charge >= 0.3 is 0 Å². The van der Waals surface area contributed by atoms with Gasteiger partial charge in [-0.25, -0.2) is 0 Å². The summed E-state index contributed by atoms with van der Waals surface area (Å²) in [5.41, 5.74) is 3.74. The molecule has 136 valence electrons. The van der Waals surface area contributed by atoms with Gasteiger partial charge in [-0.1, -0.05) is 18.2 Å². The number of nitrogens with zero attached hydrogens (tertiary/aromatic N) is 2. The summed E-state index contributed by atoms with van der Waals surface area (Å²) < 4.78 is 0.